The number of benzene rings is 2. The maximum absolute atomic E-state index is 12.8. The maximum atomic E-state index is 12.8. The van der Waals surface area contributed by atoms with Crippen LogP contribution in [0.5, 0.6) is 5.75 Å². The number of aryl methyl sites for hydroxylation is 1. The zero-order valence-electron chi connectivity index (χ0n) is 19.8. The molecule has 0 aliphatic carbocycles. The summed E-state index contributed by atoms with van der Waals surface area (Å²) in [4.78, 5) is 9.22. The standard InChI is InChI=1S/C25H32N4O3S/c1-6-14-32-21-12-10-19(11-13-21)28-24-26-16-18(2)23(29-24)27-20-8-7-9-22(15-20)33(30,31)17-25(3,4)5/h7-13,15-16H,6,14,17H2,1-5H3,(H2,26,27,28,29). The lowest BCUT2D eigenvalue weighted by molar-refractivity contribution is 0.317. The topological polar surface area (TPSA) is 93.2 Å². The van der Waals surface area contributed by atoms with Crippen LogP contribution >= 0.6 is 0 Å². The molecule has 3 rings (SSSR count). The number of nitrogens with one attached hydrogen (secondary N) is 2. The highest BCUT2D eigenvalue weighted by Crippen LogP contribution is 2.26. The van der Waals surface area contributed by atoms with Gasteiger partial charge in [0.2, 0.25) is 5.95 Å². The molecule has 1 heterocycles. The first-order valence-corrected chi connectivity index (χ1v) is 12.6. The third-order valence-electron chi connectivity index (χ3n) is 4.63. The predicted octanol–water partition coefficient (Wildman–Crippen LogP) is 5.88. The summed E-state index contributed by atoms with van der Waals surface area (Å²) in [5.74, 6) is 1.92. The molecule has 0 spiro atoms. The van der Waals surface area contributed by atoms with Crippen LogP contribution in [0.2, 0.25) is 0 Å². The van der Waals surface area contributed by atoms with Gasteiger partial charge in [-0.25, -0.2) is 13.4 Å². The summed E-state index contributed by atoms with van der Waals surface area (Å²) >= 11 is 0. The second-order valence-corrected chi connectivity index (χ2v) is 11.2. The van der Waals surface area contributed by atoms with Crippen molar-refractivity contribution in [3.05, 3.63) is 60.3 Å². The molecule has 0 unspecified atom stereocenters. The maximum Gasteiger partial charge on any atom is 0.229 e. The highest BCUT2D eigenvalue weighted by molar-refractivity contribution is 7.91. The molecular formula is C25H32N4O3S. The molecule has 0 bridgehead atoms. The van der Waals surface area contributed by atoms with E-state index in [0.29, 0.717) is 24.1 Å². The van der Waals surface area contributed by atoms with Crippen LogP contribution in [-0.2, 0) is 9.84 Å². The number of sulfone groups is 1. The smallest absolute Gasteiger partial charge is 0.229 e. The van der Waals surface area contributed by atoms with Gasteiger partial charge >= 0.3 is 0 Å². The number of rotatable bonds is 9. The third-order valence-corrected chi connectivity index (χ3v) is 6.85. The van der Waals surface area contributed by atoms with E-state index in [0.717, 1.165) is 23.4 Å². The molecule has 0 saturated carbocycles. The van der Waals surface area contributed by atoms with Gasteiger partial charge in [-0.1, -0.05) is 33.8 Å². The molecule has 0 fully saturated rings. The lowest BCUT2D eigenvalue weighted by Gasteiger charge is -2.18. The summed E-state index contributed by atoms with van der Waals surface area (Å²) in [5, 5.41) is 6.42. The third kappa shape index (κ3) is 7.18. The van der Waals surface area contributed by atoms with Crippen LogP contribution in [0.4, 0.5) is 23.1 Å². The van der Waals surface area contributed by atoms with Gasteiger partial charge in [-0.3, -0.25) is 0 Å². The van der Waals surface area contributed by atoms with Crippen LogP contribution in [0.15, 0.2) is 59.6 Å². The van der Waals surface area contributed by atoms with Gasteiger partial charge in [0.05, 0.1) is 17.3 Å². The highest BCUT2D eigenvalue weighted by Gasteiger charge is 2.23. The Morgan fingerprint density at radius 2 is 1.73 bits per heavy atom. The molecule has 176 valence electrons. The minimum absolute atomic E-state index is 0.0757. The van der Waals surface area contributed by atoms with Gasteiger partial charge in [-0.15, -0.1) is 0 Å². The van der Waals surface area contributed by atoms with Crippen molar-refractivity contribution in [1.82, 2.24) is 9.97 Å². The van der Waals surface area contributed by atoms with Crippen LogP contribution in [0.25, 0.3) is 0 Å². The summed E-state index contributed by atoms with van der Waals surface area (Å²) in [5.41, 5.74) is 2.00. The fraction of sp³-hybridized carbons (Fsp3) is 0.360. The number of nitrogens with zero attached hydrogens (tertiary/aromatic N) is 2. The average molecular weight is 469 g/mol. The molecule has 3 aromatic rings. The van der Waals surface area contributed by atoms with Crippen LogP contribution in [-0.4, -0.2) is 30.7 Å². The Morgan fingerprint density at radius 3 is 2.39 bits per heavy atom. The normalized spacial score (nSPS) is 11.8. The van der Waals surface area contributed by atoms with Gasteiger partial charge in [-0.05, 0) is 61.2 Å². The van der Waals surface area contributed by atoms with E-state index in [1.807, 2.05) is 58.0 Å². The molecular weight excluding hydrogens is 436 g/mol. The van der Waals surface area contributed by atoms with E-state index in [9.17, 15) is 8.42 Å². The van der Waals surface area contributed by atoms with E-state index in [2.05, 4.69) is 27.5 Å². The summed E-state index contributed by atoms with van der Waals surface area (Å²) < 4.78 is 31.2. The summed E-state index contributed by atoms with van der Waals surface area (Å²) in [6.07, 6.45) is 2.68. The van der Waals surface area contributed by atoms with Gasteiger partial charge < -0.3 is 15.4 Å². The summed E-state index contributed by atoms with van der Waals surface area (Å²) in [7, 11) is -3.40. The molecule has 33 heavy (non-hydrogen) atoms. The SMILES string of the molecule is CCCOc1ccc(Nc2ncc(C)c(Nc3cccc(S(=O)(=O)CC(C)(C)C)c3)n2)cc1. The second-order valence-electron chi connectivity index (χ2n) is 9.20. The molecule has 1 aromatic heterocycles. The first kappa shape index (κ1) is 24.5. The van der Waals surface area contributed by atoms with Gasteiger partial charge in [0.25, 0.3) is 0 Å². The van der Waals surface area contributed by atoms with Crippen molar-refractivity contribution in [1.29, 1.82) is 0 Å². The highest BCUT2D eigenvalue weighted by atomic mass is 32.2. The molecule has 8 heteroatoms. The molecule has 0 aliphatic heterocycles. The predicted molar refractivity (Wildman–Crippen MR) is 134 cm³/mol. The summed E-state index contributed by atoms with van der Waals surface area (Å²) in [6, 6.07) is 14.4. The molecule has 2 N–H and O–H groups in total. The zero-order chi connectivity index (χ0) is 24.1. The minimum Gasteiger partial charge on any atom is -0.494 e. The van der Waals surface area contributed by atoms with E-state index in [1.165, 1.54) is 0 Å². The van der Waals surface area contributed by atoms with E-state index in [1.54, 1.807) is 24.4 Å². The molecule has 0 atom stereocenters. The molecule has 0 radical (unpaired) electrons. The van der Waals surface area contributed by atoms with E-state index in [-0.39, 0.29) is 16.1 Å². The number of hydrogen-bond donors (Lipinski definition) is 2. The first-order chi connectivity index (χ1) is 15.6. The molecule has 2 aromatic carbocycles. The summed E-state index contributed by atoms with van der Waals surface area (Å²) in [6.45, 7) is 10.4. The van der Waals surface area contributed by atoms with Crippen molar-refractivity contribution in [2.75, 3.05) is 23.0 Å². The Kier molecular flexibility index (Phi) is 7.58. The van der Waals surface area contributed by atoms with Crippen molar-refractivity contribution in [2.45, 2.75) is 45.9 Å². The van der Waals surface area contributed by atoms with Crippen LogP contribution in [0.3, 0.4) is 0 Å². The van der Waals surface area contributed by atoms with Crippen molar-refractivity contribution < 1.29 is 13.2 Å². The number of ether oxygens (including phenoxy) is 1. The molecule has 0 amide bonds. The zero-order valence-corrected chi connectivity index (χ0v) is 20.7. The minimum atomic E-state index is -3.40. The Bertz CT molecular complexity index is 1190. The second kappa shape index (κ2) is 10.2. The lowest BCUT2D eigenvalue weighted by Crippen LogP contribution is -2.20. The van der Waals surface area contributed by atoms with Gasteiger partial charge in [-0.2, -0.15) is 4.98 Å². The van der Waals surface area contributed by atoms with Crippen molar-refractivity contribution in [2.24, 2.45) is 5.41 Å². The first-order valence-electron chi connectivity index (χ1n) is 11.0. The van der Waals surface area contributed by atoms with Crippen molar-refractivity contribution in [3.8, 4) is 5.75 Å². The van der Waals surface area contributed by atoms with Crippen LogP contribution < -0.4 is 15.4 Å². The Morgan fingerprint density at radius 1 is 1.00 bits per heavy atom. The molecule has 0 saturated heterocycles. The fourth-order valence-electron chi connectivity index (χ4n) is 3.17. The largest absolute Gasteiger partial charge is 0.494 e. The van der Waals surface area contributed by atoms with E-state index >= 15 is 0 Å². The molecule has 7 nitrogen and oxygen atoms in total. The van der Waals surface area contributed by atoms with Gasteiger partial charge in [0.1, 0.15) is 11.6 Å². The van der Waals surface area contributed by atoms with Crippen molar-refractivity contribution >= 4 is 33.0 Å². The van der Waals surface area contributed by atoms with Crippen molar-refractivity contribution in [3.63, 3.8) is 0 Å². The van der Waals surface area contributed by atoms with Gasteiger partial charge in [0, 0.05) is 23.1 Å². The molecule has 0 aliphatic rings. The Labute approximate surface area is 196 Å². The number of aromatic nitrogens is 2. The lowest BCUT2D eigenvalue weighted by atomic mass is 10.0. The average Bonchev–Trinajstić information content (AvgIpc) is 2.74. The Hall–Kier alpha value is -3.13. The van der Waals surface area contributed by atoms with Crippen LogP contribution in [0, 0.1) is 12.3 Å². The Balaban J connectivity index is 1.77. The van der Waals surface area contributed by atoms with E-state index < -0.39 is 9.84 Å². The quantitative estimate of drug-likeness (QED) is 0.405. The monoisotopic (exact) mass is 468 g/mol. The van der Waals surface area contributed by atoms with Crippen LogP contribution in [0.1, 0.15) is 39.7 Å². The number of hydrogen-bond acceptors (Lipinski definition) is 7. The fourth-order valence-corrected chi connectivity index (χ4v) is 5.07. The van der Waals surface area contributed by atoms with Gasteiger partial charge in [0.15, 0.2) is 9.84 Å². The number of anilines is 4. The van der Waals surface area contributed by atoms with E-state index in [4.69, 9.17) is 4.74 Å².